The number of carboxylic acids is 1. The summed E-state index contributed by atoms with van der Waals surface area (Å²) >= 11 is 0. The quantitative estimate of drug-likeness (QED) is 0.683. The minimum Gasteiger partial charge on any atom is -0.481 e. The van der Waals surface area contributed by atoms with Gasteiger partial charge in [-0.3, -0.25) is 9.59 Å². The smallest absolute Gasteiger partial charge is 0.314 e. The van der Waals surface area contributed by atoms with Gasteiger partial charge in [-0.25, -0.2) is 0 Å². The Bertz CT molecular complexity index is 306. The van der Waals surface area contributed by atoms with Crippen LogP contribution in [0.15, 0.2) is 11.6 Å². The number of hydrogen-bond acceptors (Lipinski definition) is 2. The third kappa shape index (κ3) is 1.27. The third-order valence-corrected chi connectivity index (χ3v) is 3.31. The summed E-state index contributed by atoms with van der Waals surface area (Å²) in [5.41, 5.74) is 0.188. The fourth-order valence-corrected chi connectivity index (χ4v) is 2.41. The maximum absolute atomic E-state index is 11.2. The molecule has 1 saturated carbocycles. The van der Waals surface area contributed by atoms with E-state index in [1.54, 1.807) is 0 Å². The van der Waals surface area contributed by atoms with Crippen LogP contribution in [0.3, 0.4) is 0 Å². The van der Waals surface area contributed by atoms with Crippen molar-refractivity contribution >= 4 is 11.8 Å². The fraction of sp³-hybridized carbons (Fsp3) is 0.636. The summed E-state index contributed by atoms with van der Waals surface area (Å²) in [5, 5.41) is 9.16. The normalized spacial score (nSPS) is 25.1. The van der Waals surface area contributed by atoms with Crippen LogP contribution in [0, 0.1) is 5.41 Å². The predicted molar refractivity (Wildman–Crippen MR) is 50.9 cm³/mol. The molecule has 3 nitrogen and oxygen atoms in total. The molecule has 2 rings (SSSR count). The van der Waals surface area contributed by atoms with Gasteiger partial charge in [0.1, 0.15) is 11.2 Å². The molecule has 0 radical (unpaired) electrons. The van der Waals surface area contributed by atoms with Crippen LogP contribution in [-0.2, 0) is 9.59 Å². The molecular formula is C11H14O3. The van der Waals surface area contributed by atoms with Gasteiger partial charge in [-0.2, -0.15) is 0 Å². The molecule has 0 aromatic carbocycles. The summed E-state index contributed by atoms with van der Waals surface area (Å²) in [6, 6.07) is 0. The van der Waals surface area contributed by atoms with Crippen molar-refractivity contribution in [2.24, 2.45) is 5.41 Å². The van der Waals surface area contributed by atoms with Crippen LogP contribution in [0.25, 0.3) is 0 Å². The lowest BCUT2D eigenvalue weighted by atomic mass is 9.61. The molecule has 0 aliphatic heterocycles. The first-order chi connectivity index (χ1) is 6.65. The SMILES string of the molecule is O=C1CC(C(=O)O)(C2=CCCCC2)C1. The molecule has 3 heteroatoms. The predicted octanol–water partition coefficient (Wildman–Crippen LogP) is 1.92. The molecule has 2 aliphatic rings. The summed E-state index contributed by atoms with van der Waals surface area (Å²) in [4.78, 5) is 22.1. The lowest BCUT2D eigenvalue weighted by Crippen LogP contribution is -2.46. The Kier molecular flexibility index (Phi) is 2.17. The zero-order valence-corrected chi connectivity index (χ0v) is 8.08. The second-order valence-corrected chi connectivity index (χ2v) is 4.25. The van der Waals surface area contributed by atoms with Crippen LogP contribution >= 0.6 is 0 Å². The van der Waals surface area contributed by atoms with Gasteiger partial charge < -0.3 is 5.11 Å². The standard InChI is InChI=1S/C11H14O3/c12-9-6-11(7-9,10(13)14)8-4-2-1-3-5-8/h4H,1-3,5-7H2,(H,13,14). The van der Waals surface area contributed by atoms with Crippen molar-refractivity contribution in [1.29, 1.82) is 0 Å². The Morgan fingerprint density at radius 3 is 2.50 bits per heavy atom. The van der Waals surface area contributed by atoms with E-state index < -0.39 is 11.4 Å². The van der Waals surface area contributed by atoms with Gasteiger partial charge in [-0.15, -0.1) is 0 Å². The van der Waals surface area contributed by atoms with Gasteiger partial charge in [-0.05, 0) is 25.7 Å². The van der Waals surface area contributed by atoms with Gasteiger partial charge in [-0.1, -0.05) is 11.6 Å². The van der Waals surface area contributed by atoms with Gasteiger partial charge in [0.15, 0.2) is 0 Å². The Labute approximate surface area is 82.8 Å². The van der Waals surface area contributed by atoms with Gasteiger partial charge in [0.05, 0.1) is 0 Å². The molecule has 0 bridgehead atoms. The van der Waals surface area contributed by atoms with Crippen molar-refractivity contribution in [2.45, 2.75) is 38.5 Å². The zero-order chi connectivity index (χ0) is 10.2. The topological polar surface area (TPSA) is 54.4 Å². The maximum atomic E-state index is 11.2. The second kappa shape index (κ2) is 3.23. The van der Waals surface area contributed by atoms with Crippen LogP contribution in [0.2, 0.25) is 0 Å². The van der Waals surface area contributed by atoms with E-state index in [-0.39, 0.29) is 18.6 Å². The number of carboxylic acid groups (broad SMARTS) is 1. The van der Waals surface area contributed by atoms with Crippen LogP contribution in [0.1, 0.15) is 38.5 Å². The Morgan fingerprint density at radius 2 is 2.07 bits per heavy atom. The molecule has 14 heavy (non-hydrogen) atoms. The molecule has 0 aromatic heterocycles. The van der Waals surface area contributed by atoms with Gasteiger partial charge in [0, 0.05) is 12.8 Å². The van der Waals surface area contributed by atoms with Crippen molar-refractivity contribution in [3.8, 4) is 0 Å². The van der Waals surface area contributed by atoms with Crippen molar-refractivity contribution < 1.29 is 14.7 Å². The van der Waals surface area contributed by atoms with Crippen molar-refractivity contribution in [1.82, 2.24) is 0 Å². The molecule has 0 unspecified atom stereocenters. The van der Waals surface area contributed by atoms with E-state index in [2.05, 4.69) is 0 Å². The highest BCUT2D eigenvalue weighted by molar-refractivity contribution is 5.99. The van der Waals surface area contributed by atoms with Gasteiger partial charge >= 0.3 is 5.97 Å². The number of ketones is 1. The van der Waals surface area contributed by atoms with E-state index in [4.69, 9.17) is 5.11 Å². The fourth-order valence-electron chi connectivity index (χ4n) is 2.41. The summed E-state index contributed by atoms with van der Waals surface area (Å²) in [6.45, 7) is 0. The number of allylic oxidation sites excluding steroid dienone is 1. The highest BCUT2D eigenvalue weighted by Crippen LogP contribution is 2.47. The molecule has 0 aromatic rings. The molecule has 2 aliphatic carbocycles. The highest BCUT2D eigenvalue weighted by atomic mass is 16.4. The maximum Gasteiger partial charge on any atom is 0.314 e. The monoisotopic (exact) mass is 194 g/mol. The van der Waals surface area contributed by atoms with Gasteiger partial charge in [0.2, 0.25) is 0 Å². The number of carbonyl (C=O) groups is 2. The minimum atomic E-state index is -0.815. The van der Waals surface area contributed by atoms with Crippen LogP contribution in [0.5, 0.6) is 0 Å². The summed E-state index contributed by atoms with van der Waals surface area (Å²) in [5.74, 6) is -0.732. The number of Topliss-reactive ketones (excluding diaryl/α,β-unsaturated/α-hetero) is 1. The molecule has 1 N–H and O–H groups in total. The minimum absolute atomic E-state index is 0.0823. The molecular weight excluding hydrogens is 180 g/mol. The first kappa shape index (κ1) is 9.44. The number of carbonyl (C=O) groups excluding carboxylic acids is 1. The van der Waals surface area contributed by atoms with E-state index in [1.807, 2.05) is 6.08 Å². The number of aliphatic carboxylic acids is 1. The molecule has 76 valence electrons. The Balaban J connectivity index is 2.23. The van der Waals surface area contributed by atoms with Crippen LogP contribution in [-0.4, -0.2) is 16.9 Å². The average molecular weight is 194 g/mol. The van der Waals surface area contributed by atoms with E-state index in [0.29, 0.717) is 0 Å². The van der Waals surface area contributed by atoms with Crippen LogP contribution < -0.4 is 0 Å². The Morgan fingerprint density at radius 1 is 1.36 bits per heavy atom. The van der Waals surface area contributed by atoms with Crippen LogP contribution in [0.4, 0.5) is 0 Å². The largest absolute Gasteiger partial charge is 0.481 e. The first-order valence-corrected chi connectivity index (χ1v) is 5.10. The highest BCUT2D eigenvalue weighted by Gasteiger charge is 2.52. The Hall–Kier alpha value is -1.12. The molecule has 0 spiro atoms. The number of rotatable bonds is 2. The van der Waals surface area contributed by atoms with E-state index in [9.17, 15) is 9.59 Å². The lowest BCUT2D eigenvalue weighted by molar-refractivity contribution is -0.157. The summed E-state index contributed by atoms with van der Waals surface area (Å²) < 4.78 is 0. The molecule has 0 atom stereocenters. The second-order valence-electron chi connectivity index (χ2n) is 4.25. The zero-order valence-electron chi connectivity index (χ0n) is 8.08. The number of hydrogen-bond donors (Lipinski definition) is 1. The van der Waals surface area contributed by atoms with E-state index >= 15 is 0 Å². The lowest BCUT2D eigenvalue weighted by Gasteiger charge is -2.39. The third-order valence-electron chi connectivity index (χ3n) is 3.31. The summed E-state index contributed by atoms with van der Waals surface area (Å²) in [6.07, 6.45) is 6.51. The van der Waals surface area contributed by atoms with E-state index in [0.717, 1.165) is 31.3 Å². The van der Waals surface area contributed by atoms with Gasteiger partial charge in [0.25, 0.3) is 0 Å². The van der Waals surface area contributed by atoms with Crippen molar-refractivity contribution in [3.05, 3.63) is 11.6 Å². The van der Waals surface area contributed by atoms with Crippen molar-refractivity contribution in [2.75, 3.05) is 0 Å². The molecule has 1 fully saturated rings. The molecule has 0 saturated heterocycles. The average Bonchev–Trinajstić information content (AvgIpc) is 2.13. The van der Waals surface area contributed by atoms with Crippen molar-refractivity contribution in [3.63, 3.8) is 0 Å². The van der Waals surface area contributed by atoms with E-state index in [1.165, 1.54) is 0 Å². The first-order valence-electron chi connectivity index (χ1n) is 5.10. The molecule has 0 amide bonds. The molecule has 0 heterocycles. The summed E-state index contributed by atoms with van der Waals surface area (Å²) in [7, 11) is 0.